The van der Waals surface area contributed by atoms with Crippen molar-refractivity contribution < 1.29 is 22.7 Å². The zero-order valence-corrected chi connectivity index (χ0v) is 11.3. The highest BCUT2D eigenvalue weighted by Gasteiger charge is 2.29. The molecule has 20 heavy (non-hydrogen) atoms. The number of piperazine rings is 1. The number of nitrogens with zero attached hydrogens (tertiary/aromatic N) is 3. The number of nitriles is 1. The molecule has 1 unspecified atom stereocenters. The molecule has 114 valence electrons. The van der Waals surface area contributed by atoms with Gasteiger partial charge < -0.3 is 9.64 Å². The Labute approximate surface area is 115 Å². The van der Waals surface area contributed by atoms with E-state index in [1.165, 1.54) is 4.90 Å². The minimum Gasteiger partial charge on any atom is -0.362 e. The molecular formula is C12H18F3N3O2. The summed E-state index contributed by atoms with van der Waals surface area (Å²) in [6.07, 6.45) is -3.71. The van der Waals surface area contributed by atoms with Crippen LogP contribution >= 0.6 is 0 Å². The van der Waals surface area contributed by atoms with E-state index in [1.54, 1.807) is 0 Å². The van der Waals surface area contributed by atoms with E-state index in [1.807, 2.05) is 11.8 Å². The van der Waals surface area contributed by atoms with Crippen LogP contribution in [0.5, 0.6) is 0 Å². The highest BCUT2D eigenvalue weighted by Crippen LogP contribution is 2.14. The van der Waals surface area contributed by atoms with Gasteiger partial charge in [-0.15, -0.1) is 0 Å². The minimum absolute atomic E-state index is 0.172. The molecule has 1 atom stereocenters. The smallest absolute Gasteiger partial charge is 0.362 e. The molecule has 1 aliphatic heterocycles. The van der Waals surface area contributed by atoms with Crippen LogP contribution in [0.2, 0.25) is 0 Å². The summed E-state index contributed by atoms with van der Waals surface area (Å²) in [4.78, 5) is 15.1. The predicted molar refractivity (Wildman–Crippen MR) is 64.7 cm³/mol. The fourth-order valence-electron chi connectivity index (χ4n) is 2.06. The topological polar surface area (TPSA) is 56.6 Å². The number of halogens is 3. The fourth-order valence-corrected chi connectivity index (χ4v) is 2.06. The predicted octanol–water partition coefficient (Wildman–Crippen LogP) is 1.01. The lowest BCUT2D eigenvalue weighted by Crippen LogP contribution is -2.52. The van der Waals surface area contributed by atoms with Crippen molar-refractivity contribution in [3.05, 3.63) is 0 Å². The van der Waals surface area contributed by atoms with Crippen LogP contribution in [0.15, 0.2) is 0 Å². The second-order valence-electron chi connectivity index (χ2n) is 4.58. The molecule has 1 aliphatic rings. The normalized spacial score (nSPS) is 18.6. The van der Waals surface area contributed by atoms with Crippen molar-refractivity contribution in [2.45, 2.75) is 25.6 Å². The first-order valence-corrected chi connectivity index (χ1v) is 6.43. The second kappa shape index (κ2) is 7.45. The Morgan fingerprint density at radius 1 is 1.35 bits per heavy atom. The Hall–Kier alpha value is -1.33. The Morgan fingerprint density at radius 2 is 1.95 bits per heavy atom. The molecule has 0 bridgehead atoms. The summed E-state index contributed by atoms with van der Waals surface area (Å²) in [6.45, 7) is 1.86. The molecule has 8 heteroatoms. The maximum Gasteiger partial charge on any atom is 0.411 e. The number of ether oxygens (including phenoxy) is 1. The zero-order valence-electron chi connectivity index (χ0n) is 11.3. The molecule has 1 fully saturated rings. The van der Waals surface area contributed by atoms with Crippen LogP contribution in [0.3, 0.4) is 0 Å². The monoisotopic (exact) mass is 293 g/mol. The van der Waals surface area contributed by atoms with Crippen molar-refractivity contribution in [2.75, 3.05) is 39.4 Å². The first-order chi connectivity index (χ1) is 9.37. The van der Waals surface area contributed by atoms with Gasteiger partial charge in [0.25, 0.3) is 0 Å². The van der Waals surface area contributed by atoms with Crippen LogP contribution in [-0.4, -0.2) is 67.3 Å². The Bertz CT molecular complexity index is 360. The lowest BCUT2D eigenvalue weighted by atomic mass is 10.2. The SMILES string of the molecule is CCC(C#N)N1CCN(C(=O)COCC(F)(F)F)CC1. The molecule has 1 amide bonds. The fraction of sp³-hybridized carbons (Fsp3) is 0.833. The van der Waals surface area contributed by atoms with Gasteiger partial charge in [0, 0.05) is 26.2 Å². The van der Waals surface area contributed by atoms with E-state index < -0.39 is 25.3 Å². The molecule has 1 saturated heterocycles. The van der Waals surface area contributed by atoms with Gasteiger partial charge >= 0.3 is 6.18 Å². The van der Waals surface area contributed by atoms with Crippen LogP contribution in [-0.2, 0) is 9.53 Å². The van der Waals surface area contributed by atoms with Crippen LogP contribution < -0.4 is 0 Å². The molecule has 0 N–H and O–H groups in total. The molecule has 0 aromatic rings. The maximum atomic E-state index is 11.9. The molecular weight excluding hydrogens is 275 g/mol. The van der Waals surface area contributed by atoms with Gasteiger partial charge in [-0.2, -0.15) is 18.4 Å². The van der Waals surface area contributed by atoms with Crippen molar-refractivity contribution >= 4 is 5.91 Å². The summed E-state index contributed by atoms with van der Waals surface area (Å²) in [5.41, 5.74) is 0. The summed E-state index contributed by atoms with van der Waals surface area (Å²) in [6, 6.07) is 2.02. The first kappa shape index (κ1) is 16.7. The van der Waals surface area contributed by atoms with Crippen LogP contribution in [0.1, 0.15) is 13.3 Å². The highest BCUT2D eigenvalue weighted by atomic mass is 19.4. The summed E-state index contributed by atoms with van der Waals surface area (Å²) >= 11 is 0. The van der Waals surface area contributed by atoms with Crippen molar-refractivity contribution in [1.29, 1.82) is 5.26 Å². The third-order valence-corrected chi connectivity index (χ3v) is 3.13. The van der Waals surface area contributed by atoms with Crippen LogP contribution in [0.25, 0.3) is 0 Å². The lowest BCUT2D eigenvalue weighted by Gasteiger charge is -2.36. The van der Waals surface area contributed by atoms with E-state index >= 15 is 0 Å². The van der Waals surface area contributed by atoms with Gasteiger partial charge in [0.2, 0.25) is 5.91 Å². The van der Waals surface area contributed by atoms with E-state index in [0.29, 0.717) is 32.6 Å². The van der Waals surface area contributed by atoms with Gasteiger partial charge in [0.05, 0.1) is 12.1 Å². The molecule has 0 radical (unpaired) electrons. The number of hydrogen-bond donors (Lipinski definition) is 0. The van der Waals surface area contributed by atoms with Crippen molar-refractivity contribution in [3.8, 4) is 6.07 Å². The number of hydrogen-bond acceptors (Lipinski definition) is 4. The van der Waals surface area contributed by atoms with E-state index in [-0.39, 0.29) is 6.04 Å². The second-order valence-corrected chi connectivity index (χ2v) is 4.58. The van der Waals surface area contributed by atoms with Crippen molar-refractivity contribution in [3.63, 3.8) is 0 Å². The molecule has 0 aromatic heterocycles. The molecule has 0 spiro atoms. The van der Waals surface area contributed by atoms with Gasteiger partial charge in [0.15, 0.2) is 0 Å². The quantitative estimate of drug-likeness (QED) is 0.759. The number of carbonyl (C=O) groups excluding carboxylic acids is 1. The third kappa shape index (κ3) is 5.35. The first-order valence-electron chi connectivity index (χ1n) is 6.43. The summed E-state index contributed by atoms with van der Waals surface area (Å²) in [5, 5.41) is 8.95. The van der Waals surface area contributed by atoms with E-state index in [0.717, 1.165) is 0 Å². The Morgan fingerprint density at radius 3 is 2.40 bits per heavy atom. The summed E-state index contributed by atoms with van der Waals surface area (Å²) in [5.74, 6) is -0.445. The zero-order chi connectivity index (χ0) is 15.2. The van der Waals surface area contributed by atoms with Gasteiger partial charge in [-0.25, -0.2) is 0 Å². The standard InChI is InChI=1S/C12H18F3N3O2/c1-2-10(7-16)17-3-5-18(6-4-17)11(19)8-20-9-12(13,14)15/h10H,2-6,8-9H2,1H3. The summed E-state index contributed by atoms with van der Waals surface area (Å²) in [7, 11) is 0. The molecule has 1 heterocycles. The number of amides is 1. The lowest BCUT2D eigenvalue weighted by molar-refractivity contribution is -0.178. The Balaban J connectivity index is 2.31. The van der Waals surface area contributed by atoms with Crippen LogP contribution in [0, 0.1) is 11.3 Å². The number of rotatable bonds is 5. The molecule has 5 nitrogen and oxygen atoms in total. The third-order valence-electron chi connectivity index (χ3n) is 3.13. The van der Waals surface area contributed by atoms with Crippen LogP contribution in [0.4, 0.5) is 13.2 Å². The highest BCUT2D eigenvalue weighted by molar-refractivity contribution is 5.77. The van der Waals surface area contributed by atoms with Gasteiger partial charge in [0.1, 0.15) is 13.2 Å². The average molecular weight is 293 g/mol. The average Bonchev–Trinajstić information content (AvgIpc) is 2.39. The number of alkyl halides is 3. The van der Waals surface area contributed by atoms with Crippen molar-refractivity contribution in [2.24, 2.45) is 0 Å². The maximum absolute atomic E-state index is 11.9. The molecule has 0 saturated carbocycles. The van der Waals surface area contributed by atoms with Gasteiger partial charge in [-0.3, -0.25) is 9.69 Å². The molecule has 1 rings (SSSR count). The van der Waals surface area contributed by atoms with E-state index in [2.05, 4.69) is 10.8 Å². The minimum atomic E-state index is -4.42. The van der Waals surface area contributed by atoms with Gasteiger partial charge in [-0.1, -0.05) is 6.92 Å². The molecule has 0 aromatic carbocycles. The van der Waals surface area contributed by atoms with Crippen molar-refractivity contribution in [1.82, 2.24) is 9.80 Å². The Kier molecular flexibility index (Phi) is 6.23. The largest absolute Gasteiger partial charge is 0.411 e. The number of carbonyl (C=O) groups is 1. The molecule has 0 aliphatic carbocycles. The van der Waals surface area contributed by atoms with Gasteiger partial charge in [-0.05, 0) is 6.42 Å². The van der Waals surface area contributed by atoms with E-state index in [4.69, 9.17) is 5.26 Å². The summed E-state index contributed by atoms with van der Waals surface area (Å²) < 4.78 is 40.0. The van der Waals surface area contributed by atoms with E-state index in [9.17, 15) is 18.0 Å².